The largest absolute Gasteiger partial charge is 0.417 e. The minimum Gasteiger partial charge on any atom is -0.396 e. The zero-order valence-electron chi connectivity index (χ0n) is 21.4. The quantitative estimate of drug-likeness (QED) is 0.155. The number of carbonyl (C=O) groups is 1. The molecule has 3 aromatic rings. The average molecular weight is 561 g/mol. The van der Waals surface area contributed by atoms with E-state index in [1.54, 1.807) is 0 Å². The molecule has 0 radical (unpaired) electrons. The first-order valence-corrected chi connectivity index (χ1v) is 12.0. The van der Waals surface area contributed by atoms with Crippen LogP contribution in [0.15, 0.2) is 42.7 Å². The Morgan fingerprint density at radius 2 is 1.97 bits per heavy atom. The van der Waals surface area contributed by atoms with Gasteiger partial charge in [-0.2, -0.15) is 13.2 Å². The van der Waals surface area contributed by atoms with Crippen molar-refractivity contribution in [3.8, 4) is 11.8 Å². The lowest BCUT2D eigenvalue weighted by Crippen LogP contribution is -2.18. The third-order valence-electron chi connectivity index (χ3n) is 5.34. The molecule has 1 atom stereocenters. The highest BCUT2D eigenvalue weighted by Crippen LogP contribution is 2.34. The molecule has 0 amide bonds. The topological polar surface area (TPSA) is 137 Å². The number of anilines is 3. The summed E-state index contributed by atoms with van der Waals surface area (Å²) in [4.78, 5) is 18.3. The van der Waals surface area contributed by atoms with Crippen LogP contribution < -0.4 is 16.4 Å². The van der Waals surface area contributed by atoms with E-state index in [1.165, 1.54) is 12.4 Å². The minimum absolute atomic E-state index is 0.0384. The van der Waals surface area contributed by atoms with Crippen molar-refractivity contribution in [2.24, 2.45) is 5.92 Å². The summed E-state index contributed by atoms with van der Waals surface area (Å²) in [6, 6.07) is 8.87. The van der Waals surface area contributed by atoms with Gasteiger partial charge in [0.1, 0.15) is 30.0 Å². The number of aromatic nitrogens is 2. The molecule has 0 aliphatic heterocycles. The molecule has 0 spiro atoms. The van der Waals surface area contributed by atoms with Crippen LogP contribution in [0.5, 0.6) is 0 Å². The molecule has 0 saturated heterocycles. The summed E-state index contributed by atoms with van der Waals surface area (Å²) in [5, 5.41) is 23.3. The van der Waals surface area contributed by atoms with Crippen molar-refractivity contribution in [3.05, 3.63) is 75.6 Å². The fraction of sp³-hybridized carbons (Fsp3) is 0.259. The minimum atomic E-state index is -4.52. The number of nitrogens with one attached hydrogen (secondary N) is 3. The average Bonchev–Trinajstić information content (AvgIpc) is 2.91. The van der Waals surface area contributed by atoms with Crippen molar-refractivity contribution in [2.45, 2.75) is 20.0 Å². The maximum atomic E-state index is 12.2. The van der Waals surface area contributed by atoms with E-state index in [9.17, 15) is 18.0 Å². The Labute approximate surface area is 229 Å². The summed E-state index contributed by atoms with van der Waals surface area (Å²) in [6.45, 7) is 4.43. The predicted molar refractivity (Wildman–Crippen MR) is 147 cm³/mol. The lowest BCUT2D eigenvalue weighted by atomic mass is 10.1. The maximum absolute atomic E-state index is 12.2. The van der Waals surface area contributed by atoms with Gasteiger partial charge in [0.15, 0.2) is 0 Å². The van der Waals surface area contributed by atoms with E-state index in [-0.39, 0.29) is 29.6 Å². The van der Waals surface area contributed by atoms with Gasteiger partial charge in [-0.05, 0) is 48.6 Å². The molecule has 6 N–H and O–H groups in total. The summed E-state index contributed by atoms with van der Waals surface area (Å²) in [6.07, 6.45) is -2.84. The van der Waals surface area contributed by atoms with Crippen LogP contribution in [-0.4, -0.2) is 47.3 Å². The molecule has 1 heterocycles. The number of hydrogen-bond donors (Lipinski definition) is 5. The Morgan fingerprint density at radius 1 is 1.26 bits per heavy atom. The monoisotopic (exact) mass is 560 g/mol. The first kappa shape index (κ1) is 31.1. The van der Waals surface area contributed by atoms with Gasteiger partial charge >= 0.3 is 6.18 Å². The van der Waals surface area contributed by atoms with E-state index in [0.29, 0.717) is 24.2 Å². The van der Waals surface area contributed by atoms with Crippen molar-refractivity contribution in [2.75, 3.05) is 36.6 Å². The SMILES string of the molecule is CNc1ccc(C)c(C#CC(=N)c2c(N)ncnc2NC[C@H](C)CO)c1.O=Cc1ccc(Cl)c(C(F)(F)F)c1. The van der Waals surface area contributed by atoms with Crippen molar-refractivity contribution in [1.29, 1.82) is 5.41 Å². The molecule has 8 nitrogen and oxygen atoms in total. The first-order valence-electron chi connectivity index (χ1n) is 11.6. The number of alkyl halides is 3. The van der Waals surface area contributed by atoms with Gasteiger partial charge in [0.05, 0.1) is 16.1 Å². The van der Waals surface area contributed by atoms with E-state index in [4.69, 9.17) is 27.9 Å². The number of aliphatic hydroxyl groups is 1. The number of nitrogen functional groups attached to an aromatic ring is 1. The number of hydrogen-bond acceptors (Lipinski definition) is 8. The highest BCUT2D eigenvalue weighted by atomic mass is 35.5. The fourth-order valence-corrected chi connectivity index (χ4v) is 3.28. The standard InChI is InChI=1S/C19H24N6O.C8H4ClF3O/c1-12(10-26)9-23-19-17(18(21)24-11-25-19)16(20)7-5-14-8-15(22-3)6-4-13(14)2;9-7-2-1-5(4-13)3-6(7)8(10,11)12/h4,6,8,11-12,20,22,26H,9-10H2,1-3H3,(H3,21,23,24,25);1-4H/t12-;/m0./s1. The van der Waals surface area contributed by atoms with Crippen LogP contribution in [0.2, 0.25) is 5.02 Å². The van der Waals surface area contributed by atoms with Crippen LogP contribution in [0, 0.1) is 30.1 Å². The third kappa shape index (κ3) is 8.98. The molecule has 3 rings (SSSR count). The van der Waals surface area contributed by atoms with E-state index in [0.717, 1.165) is 28.9 Å². The van der Waals surface area contributed by atoms with Gasteiger partial charge in [-0.3, -0.25) is 10.2 Å². The molecule has 0 bridgehead atoms. The number of halogens is 4. The zero-order valence-corrected chi connectivity index (χ0v) is 22.2. The molecular weight excluding hydrogens is 533 g/mol. The van der Waals surface area contributed by atoms with E-state index < -0.39 is 16.8 Å². The number of aliphatic hydroxyl groups excluding tert-OH is 1. The number of rotatable bonds is 7. The van der Waals surface area contributed by atoms with Crippen LogP contribution in [0.4, 0.5) is 30.5 Å². The number of nitrogens with zero attached hydrogens (tertiary/aromatic N) is 2. The van der Waals surface area contributed by atoms with E-state index in [2.05, 4.69) is 32.4 Å². The van der Waals surface area contributed by atoms with E-state index in [1.807, 2.05) is 39.1 Å². The number of nitrogens with two attached hydrogens (primary N) is 1. The smallest absolute Gasteiger partial charge is 0.396 e. The summed E-state index contributed by atoms with van der Waals surface area (Å²) >= 11 is 5.30. The Balaban J connectivity index is 0.000000344. The molecule has 0 unspecified atom stereocenters. The molecule has 2 aromatic carbocycles. The molecule has 12 heteroatoms. The first-order chi connectivity index (χ1) is 18.4. The Bertz CT molecular complexity index is 1390. The van der Waals surface area contributed by atoms with Crippen LogP contribution in [0.1, 0.15) is 39.5 Å². The van der Waals surface area contributed by atoms with Gasteiger partial charge < -0.3 is 21.5 Å². The molecule has 0 saturated carbocycles. The molecule has 0 aliphatic carbocycles. The Kier molecular flexibility index (Phi) is 11.3. The molecule has 39 heavy (non-hydrogen) atoms. The van der Waals surface area contributed by atoms with Crippen LogP contribution in [0.3, 0.4) is 0 Å². The van der Waals surface area contributed by atoms with Crippen molar-refractivity contribution < 1.29 is 23.1 Å². The molecule has 0 fully saturated rings. The molecule has 206 valence electrons. The fourth-order valence-electron chi connectivity index (χ4n) is 3.05. The van der Waals surface area contributed by atoms with E-state index >= 15 is 0 Å². The zero-order chi connectivity index (χ0) is 29.2. The van der Waals surface area contributed by atoms with Gasteiger partial charge in [-0.1, -0.05) is 36.6 Å². The number of carbonyl (C=O) groups excluding carboxylic acids is 1. The van der Waals surface area contributed by atoms with Gasteiger partial charge in [0.2, 0.25) is 0 Å². The number of aryl methyl sites for hydroxylation is 1. The number of benzene rings is 2. The van der Waals surface area contributed by atoms with Crippen molar-refractivity contribution in [3.63, 3.8) is 0 Å². The molecule has 1 aromatic heterocycles. The summed E-state index contributed by atoms with van der Waals surface area (Å²) in [5.74, 6) is 6.55. The summed E-state index contributed by atoms with van der Waals surface area (Å²) < 4.78 is 36.5. The molecular formula is C27H28ClF3N6O2. The van der Waals surface area contributed by atoms with Crippen LogP contribution >= 0.6 is 11.6 Å². The van der Waals surface area contributed by atoms with Gasteiger partial charge in [-0.25, -0.2) is 9.97 Å². The normalized spacial score (nSPS) is 11.3. The highest BCUT2D eigenvalue weighted by molar-refractivity contribution is 6.31. The predicted octanol–water partition coefficient (Wildman–Crippen LogP) is 5.04. The van der Waals surface area contributed by atoms with Crippen molar-refractivity contribution in [1.82, 2.24) is 9.97 Å². The Morgan fingerprint density at radius 3 is 2.59 bits per heavy atom. The number of aldehydes is 1. The molecule has 0 aliphatic rings. The second kappa shape index (κ2) is 14.1. The van der Waals surface area contributed by atoms with Crippen molar-refractivity contribution >= 4 is 40.9 Å². The maximum Gasteiger partial charge on any atom is 0.417 e. The van der Waals surface area contributed by atoms with Gasteiger partial charge in [-0.15, -0.1) is 0 Å². The van der Waals surface area contributed by atoms with Gasteiger partial charge in [0.25, 0.3) is 0 Å². The second-order valence-corrected chi connectivity index (χ2v) is 8.82. The third-order valence-corrected chi connectivity index (χ3v) is 5.67. The second-order valence-electron chi connectivity index (χ2n) is 8.41. The lowest BCUT2D eigenvalue weighted by Gasteiger charge is -2.13. The highest BCUT2D eigenvalue weighted by Gasteiger charge is 2.33. The van der Waals surface area contributed by atoms with Crippen LogP contribution in [0.25, 0.3) is 0 Å². The lowest BCUT2D eigenvalue weighted by molar-refractivity contribution is -0.137. The van der Waals surface area contributed by atoms with Gasteiger partial charge in [0, 0.05) is 37.0 Å². The summed E-state index contributed by atoms with van der Waals surface area (Å²) in [5.41, 5.74) is 8.13. The van der Waals surface area contributed by atoms with Crippen LogP contribution in [-0.2, 0) is 6.18 Å². The summed E-state index contributed by atoms with van der Waals surface area (Å²) in [7, 11) is 1.84. The Hall–Kier alpha value is -4.14.